The van der Waals surface area contributed by atoms with E-state index in [9.17, 15) is 5.11 Å². The van der Waals surface area contributed by atoms with E-state index < -0.39 is 5.60 Å². The van der Waals surface area contributed by atoms with Gasteiger partial charge in [0.25, 0.3) is 0 Å². The van der Waals surface area contributed by atoms with Crippen molar-refractivity contribution in [2.24, 2.45) is 23.7 Å². The first-order chi connectivity index (χ1) is 9.20. The van der Waals surface area contributed by atoms with E-state index in [-0.39, 0.29) is 0 Å². The molecule has 0 spiro atoms. The molecule has 2 heteroatoms. The van der Waals surface area contributed by atoms with Crippen molar-refractivity contribution >= 4 is 0 Å². The first-order valence-corrected chi connectivity index (χ1v) is 7.57. The van der Waals surface area contributed by atoms with Crippen molar-refractivity contribution in [1.82, 2.24) is 0 Å². The summed E-state index contributed by atoms with van der Waals surface area (Å²) in [5.41, 5.74) is 0.489. The van der Waals surface area contributed by atoms with E-state index in [0.29, 0.717) is 11.8 Å². The Morgan fingerprint density at radius 1 is 1.05 bits per heavy atom. The Kier molecular flexibility index (Phi) is 2.47. The topological polar surface area (TPSA) is 29.5 Å². The second-order valence-electron chi connectivity index (χ2n) is 6.86. The summed E-state index contributed by atoms with van der Waals surface area (Å²) >= 11 is 0. The molecule has 1 N–H and O–H groups in total. The van der Waals surface area contributed by atoms with Crippen LogP contribution in [0.5, 0.6) is 5.75 Å². The standard InChI is InChI=1S/C17H22O2/c1-19-16-4-2-3-13(10-16)17(18)14-6-11-5-12(8-14)9-15(17)7-11/h2-4,10-12,14-15,18H,5-9H2,1H3. The van der Waals surface area contributed by atoms with Crippen LogP contribution in [-0.2, 0) is 5.60 Å². The van der Waals surface area contributed by atoms with Crippen LogP contribution in [0.2, 0.25) is 0 Å². The quantitative estimate of drug-likeness (QED) is 0.881. The molecule has 0 amide bonds. The van der Waals surface area contributed by atoms with Crippen LogP contribution in [0.15, 0.2) is 24.3 Å². The van der Waals surface area contributed by atoms with Gasteiger partial charge in [0.2, 0.25) is 0 Å². The highest BCUT2D eigenvalue weighted by Crippen LogP contribution is 2.61. The van der Waals surface area contributed by atoms with Gasteiger partial charge in [0, 0.05) is 0 Å². The molecule has 0 aliphatic heterocycles. The van der Waals surface area contributed by atoms with Gasteiger partial charge in [-0.1, -0.05) is 12.1 Å². The monoisotopic (exact) mass is 258 g/mol. The normalized spacial score (nSPS) is 43.5. The Morgan fingerprint density at radius 3 is 2.26 bits per heavy atom. The van der Waals surface area contributed by atoms with Gasteiger partial charge in [-0.15, -0.1) is 0 Å². The maximum absolute atomic E-state index is 11.4. The number of rotatable bonds is 2. The average molecular weight is 258 g/mol. The van der Waals surface area contributed by atoms with Crippen LogP contribution >= 0.6 is 0 Å². The zero-order chi connectivity index (χ0) is 13.0. The molecule has 4 fully saturated rings. The minimum absolute atomic E-state index is 0.468. The third kappa shape index (κ3) is 1.59. The molecule has 0 unspecified atom stereocenters. The second kappa shape index (κ2) is 3.99. The summed E-state index contributed by atoms with van der Waals surface area (Å²) in [5, 5.41) is 11.4. The van der Waals surface area contributed by atoms with E-state index in [4.69, 9.17) is 4.74 Å². The van der Waals surface area contributed by atoms with E-state index in [1.165, 1.54) is 32.1 Å². The Hall–Kier alpha value is -1.02. The molecule has 0 radical (unpaired) electrons. The maximum atomic E-state index is 11.4. The molecule has 0 saturated heterocycles. The van der Waals surface area contributed by atoms with Gasteiger partial charge in [0.15, 0.2) is 0 Å². The summed E-state index contributed by atoms with van der Waals surface area (Å²) in [7, 11) is 1.69. The van der Waals surface area contributed by atoms with Crippen LogP contribution in [0.3, 0.4) is 0 Å². The third-order valence-electron chi connectivity index (χ3n) is 5.92. The molecule has 19 heavy (non-hydrogen) atoms. The molecule has 0 aromatic heterocycles. The summed E-state index contributed by atoms with van der Waals surface area (Å²) in [6.45, 7) is 0. The molecule has 4 bridgehead atoms. The van der Waals surface area contributed by atoms with Crippen LogP contribution in [0.1, 0.15) is 37.7 Å². The summed E-state index contributed by atoms with van der Waals surface area (Å²) in [6, 6.07) is 8.10. The Labute approximate surface area is 114 Å². The van der Waals surface area contributed by atoms with Gasteiger partial charge in [-0.25, -0.2) is 0 Å². The van der Waals surface area contributed by atoms with Crippen molar-refractivity contribution in [1.29, 1.82) is 0 Å². The lowest BCUT2D eigenvalue weighted by molar-refractivity contribution is -0.179. The first-order valence-electron chi connectivity index (χ1n) is 7.57. The van der Waals surface area contributed by atoms with Gasteiger partial charge in [-0.3, -0.25) is 0 Å². The summed E-state index contributed by atoms with van der Waals surface area (Å²) < 4.78 is 5.33. The molecular formula is C17H22O2. The van der Waals surface area contributed by atoms with E-state index in [0.717, 1.165) is 23.1 Å². The number of hydrogen-bond acceptors (Lipinski definition) is 2. The predicted octanol–water partition coefficient (Wildman–Crippen LogP) is 3.34. The van der Waals surface area contributed by atoms with E-state index in [1.54, 1.807) is 7.11 Å². The lowest BCUT2D eigenvalue weighted by Gasteiger charge is -2.59. The Balaban J connectivity index is 1.76. The highest BCUT2D eigenvalue weighted by atomic mass is 16.5. The lowest BCUT2D eigenvalue weighted by Crippen LogP contribution is -2.55. The molecule has 1 aromatic rings. The molecule has 4 saturated carbocycles. The van der Waals surface area contributed by atoms with Gasteiger partial charge in [0.05, 0.1) is 12.7 Å². The smallest absolute Gasteiger partial charge is 0.119 e. The summed E-state index contributed by atoms with van der Waals surface area (Å²) in [4.78, 5) is 0. The van der Waals surface area contributed by atoms with Gasteiger partial charge < -0.3 is 9.84 Å². The molecule has 5 rings (SSSR count). The third-order valence-corrected chi connectivity index (χ3v) is 5.92. The molecule has 102 valence electrons. The van der Waals surface area contributed by atoms with Crippen LogP contribution in [0, 0.1) is 23.7 Å². The van der Waals surface area contributed by atoms with Crippen LogP contribution in [0.25, 0.3) is 0 Å². The number of aliphatic hydroxyl groups is 1. The number of methoxy groups -OCH3 is 1. The zero-order valence-electron chi connectivity index (χ0n) is 11.5. The lowest BCUT2D eigenvalue weighted by atomic mass is 9.48. The second-order valence-corrected chi connectivity index (χ2v) is 6.86. The molecule has 0 atom stereocenters. The largest absolute Gasteiger partial charge is 0.497 e. The molecule has 1 aromatic carbocycles. The van der Waals surface area contributed by atoms with Gasteiger partial charge in [-0.05, 0) is 73.5 Å². The zero-order valence-corrected chi connectivity index (χ0v) is 11.5. The van der Waals surface area contributed by atoms with E-state index in [2.05, 4.69) is 6.07 Å². The van der Waals surface area contributed by atoms with Crippen molar-refractivity contribution in [2.45, 2.75) is 37.7 Å². The van der Waals surface area contributed by atoms with Crippen molar-refractivity contribution in [2.75, 3.05) is 7.11 Å². The highest BCUT2D eigenvalue weighted by molar-refractivity contribution is 5.35. The van der Waals surface area contributed by atoms with E-state index >= 15 is 0 Å². The molecule has 4 aliphatic rings. The number of benzene rings is 1. The molecule has 0 heterocycles. The fourth-order valence-corrected chi connectivity index (χ4v) is 5.25. The first kappa shape index (κ1) is 11.8. The SMILES string of the molecule is COc1cccc(C2(O)C3CC4CC(C3)CC2C4)c1. The summed E-state index contributed by atoms with van der Waals surface area (Å²) in [6.07, 6.45) is 6.31. The van der Waals surface area contributed by atoms with Crippen LogP contribution < -0.4 is 4.74 Å². The number of ether oxygens (including phenoxy) is 1. The van der Waals surface area contributed by atoms with Gasteiger partial charge in [-0.2, -0.15) is 0 Å². The minimum atomic E-state index is -0.595. The predicted molar refractivity (Wildman–Crippen MR) is 73.9 cm³/mol. The maximum Gasteiger partial charge on any atom is 0.119 e. The van der Waals surface area contributed by atoms with E-state index in [1.807, 2.05) is 18.2 Å². The highest BCUT2D eigenvalue weighted by Gasteiger charge is 2.57. The van der Waals surface area contributed by atoms with Crippen LogP contribution in [-0.4, -0.2) is 12.2 Å². The average Bonchev–Trinajstić information content (AvgIpc) is 2.44. The Morgan fingerprint density at radius 2 is 1.68 bits per heavy atom. The van der Waals surface area contributed by atoms with Crippen LogP contribution in [0.4, 0.5) is 0 Å². The number of hydrogen-bond donors (Lipinski definition) is 1. The summed E-state index contributed by atoms with van der Waals surface area (Å²) in [5.74, 6) is 3.56. The van der Waals surface area contributed by atoms with Crippen molar-refractivity contribution < 1.29 is 9.84 Å². The van der Waals surface area contributed by atoms with Crippen molar-refractivity contribution in [3.8, 4) is 5.75 Å². The fourth-order valence-electron chi connectivity index (χ4n) is 5.25. The Bertz CT molecular complexity index is 466. The molecule has 2 nitrogen and oxygen atoms in total. The van der Waals surface area contributed by atoms with Gasteiger partial charge in [0.1, 0.15) is 5.75 Å². The molecular weight excluding hydrogens is 236 g/mol. The minimum Gasteiger partial charge on any atom is -0.497 e. The van der Waals surface area contributed by atoms with Crippen molar-refractivity contribution in [3.05, 3.63) is 29.8 Å². The van der Waals surface area contributed by atoms with Crippen molar-refractivity contribution in [3.63, 3.8) is 0 Å². The molecule has 4 aliphatic carbocycles. The van der Waals surface area contributed by atoms with Gasteiger partial charge >= 0.3 is 0 Å². The fraction of sp³-hybridized carbons (Fsp3) is 0.647.